The first-order chi connectivity index (χ1) is 29.7. The summed E-state index contributed by atoms with van der Waals surface area (Å²) in [5.41, 5.74) is 12.5. The van der Waals surface area contributed by atoms with Crippen molar-refractivity contribution in [2.45, 2.75) is 64.5 Å². The molecule has 8 rings (SSSR count). The lowest BCUT2D eigenvalue weighted by Crippen LogP contribution is -2.54. The van der Waals surface area contributed by atoms with Gasteiger partial charge in [-0.25, -0.2) is 0 Å². The van der Waals surface area contributed by atoms with E-state index in [4.69, 9.17) is 63.1 Å². The molecule has 0 unspecified atom stereocenters. The number of hydrogen-bond acceptors (Lipinski definition) is 12. The van der Waals surface area contributed by atoms with Gasteiger partial charge < -0.3 is 39.9 Å². The number of allylic oxidation sites excluding steroid dienone is 2. The summed E-state index contributed by atoms with van der Waals surface area (Å²) in [5.74, 6) is -0.371. The van der Waals surface area contributed by atoms with Crippen LogP contribution in [-0.2, 0) is 9.59 Å². The second kappa shape index (κ2) is 17.8. The van der Waals surface area contributed by atoms with Gasteiger partial charge in [0.2, 0.25) is 22.8 Å². The number of ether oxygens (including phenoxy) is 6. The molecule has 0 aromatic heterocycles. The van der Waals surface area contributed by atoms with E-state index in [1.54, 1.807) is 31.2 Å². The molecule has 15 heteroatoms. The summed E-state index contributed by atoms with van der Waals surface area (Å²) in [6.07, 6.45) is 1.53. The van der Waals surface area contributed by atoms with Gasteiger partial charge in [0.1, 0.15) is 44.2 Å². The van der Waals surface area contributed by atoms with Crippen LogP contribution in [0.5, 0.6) is 34.5 Å². The van der Waals surface area contributed by atoms with Crippen LogP contribution in [0, 0.1) is 18.8 Å². The molecule has 63 heavy (non-hydrogen) atoms. The van der Waals surface area contributed by atoms with Crippen LogP contribution in [0.4, 0.5) is 0 Å². The third-order valence-electron chi connectivity index (χ3n) is 11.9. The summed E-state index contributed by atoms with van der Waals surface area (Å²) in [6.45, 7) is 12.9. The molecule has 4 atom stereocenters. The summed E-state index contributed by atoms with van der Waals surface area (Å²) in [7, 11) is 4.72. The molecule has 4 aromatic rings. The quantitative estimate of drug-likeness (QED) is 0.177. The first-order valence-electron chi connectivity index (χ1n) is 20.3. The normalized spacial score (nSPS) is 22.2. The molecule has 332 valence electrons. The van der Waals surface area contributed by atoms with Crippen molar-refractivity contribution in [3.63, 3.8) is 0 Å². The third-order valence-corrected chi connectivity index (χ3v) is 14.8. The highest BCUT2D eigenvalue weighted by Crippen LogP contribution is 2.56. The van der Waals surface area contributed by atoms with Gasteiger partial charge in [-0.15, -0.1) is 0 Å². The van der Waals surface area contributed by atoms with Gasteiger partial charge in [0.15, 0.2) is 23.1 Å². The Labute approximate surface area is 378 Å². The number of methoxy groups -OCH3 is 4. The van der Waals surface area contributed by atoms with E-state index in [2.05, 4.69) is 50.8 Å². The molecule has 2 heterocycles. The van der Waals surface area contributed by atoms with Gasteiger partial charge in [-0.05, 0) is 12.5 Å². The number of benzene rings is 4. The largest absolute Gasteiger partial charge is 0.496 e. The number of Topliss-reactive ketones (excluding diaryl/α,β-unsaturated/α-hetero) is 3. The average Bonchev–Trinajstić information content (AvgIpc) is 3.74. The smallest absolute Gasteiger partial charge is 0.220 e. The van der Waals surface area contributed by atoms with Crippen LogP contribution < -0.4 is 45.1 Å². The van der Waals surface area contributed by atoms with Crippen LogP contribution in [0.3, 0.4) is 0 Å². The second-order valence-electron chi connectivity index (χ2n) is 16.9. The van der Waals surface area contributed by atoms with E-state index in [0.717, 1.165) is 0 Å². The molecule has 2 aliphatic heterocycles. The lowest BCUT2D eigenvalue weighted by atomic mass is 9.71. The summed E-state index contributed by atoms with van der Waals surface area (Å²) in [5, 5.41) is 1.91. The minimum Gasteiger partial charge on any atom is -0.496 e. The number of halogens is 2. The number of carbonyl (C=O) groups excluding carboxylic acids is 4. The predicted molar refractivity (Wildman–Crippen MR) is 246 cm³/mol. The van der Waals surface area contributed by atoms with E-state index in [0.29, 0.717) is 28.4 Å². The van der Waals surface area contributed by atoms with E-state index in [1.165, 1.54) is 52.2 Å². The molecule has 4 aromatic carbocycles. The Morgan fingerprint density at radius 2 is 1.13 bits per heavy atom. The van der Waals surface area contributed by atoms with Gasteiger partial charge in [-0.2, -0.15) is 0 Å². The van der Waals surface area contributed by atoms with Gasteiger partial charge in [0.25, 0.3) is 0 Å². The maximum absolute atomic E-state index is 13.7. The summed E-state index contributed by atoms with van der Waals surface area (Å²) >= 11 is 12.7. The van der Waals surface area contributed by atoms with Crippen LogP contribution in [0.15, 0.2) is 84.2 Å². The summed E-state index contributed by atoms with van der Waals surface area (Å²) < 4.78 is 33.3. The molecule has 2 spiro atoms. The first kappa shape index (κ1) is 46.7. The number of nitrogens with two attached hydrogens (primary N) is 2. The van der Waals surface area contributed by atoms with Crippen molar-refractivity contribution in [2.24, 2.45) is 23.3 Å². The molecule has 2 aliphatic carbocycles. The van der Waals surface area contributed by atoms with E-state index >= 15 is 0 Å². The number of ketones is 4. The Kier molecular flexibility index (Phi) is 13.2. The van der Waals surface area contributed by atoms with Crippen molar-refractivity contribution in [1.82, 2.24) is 0 Å². The van der Waals surface area contributed by atoms with Crippen molar-refractivity contribution in [1.29, 1.82) is 0 Å². The summed E-state index contributed by atoms with van der Waals surface area (Å²) in [4.78, 5) is 51.3. The highest BCUT2D eigenvalue weighted by Gasteiger charge is 2.60. The Morgan fingerprint density at radius 1 is 0.667 bits per heavy atom. The Morgan fingerprint density at radius 3 is 1.59 bits per heavy atom. The van der Waals surface area contributed by atoms with Crippen LogP contribution >= 0.6 is 23.2 Å². The second-order valence-corrected chi connectivity index (χ2v) is 22.6. The topological polar surface area (TPSA) is 176 Å². The van der Waals surface area contributed by atoms with E-state index in [1.807, 2.05) is 18.2 Å². The van der Waals surface area contributed by atoms with E-state index in [-0.39, 0.29) is 85.8 Å². The van der Waals surface area contributed by atoms with Crippen molar-refractivity contribution in [3.05, 3.63) is 116 Å². The number of fused-ring (bicyclic) bond motifs is 2. The highest BCUT2D eigenvalue weighted by molar-refractivity contribution is 6.89. The molecule has 4 aliphatic rings. The molecule has 0 saturated heterocycles. The fraction of sp³-hybridized carbons (Fsp3) is 0.333. The molecule has 12 nitrogen and oxygen atoms in total. The maximum atomic E-state index is 13.7. The average molecular weight is 916 g/mol. The van der Waals surface area contributed by atoms with Crippen molar-refractivity contribution < 1.29 is 47.6 Å². The van der Waals surface area contributed by atoms with Gasteiger partial charge in [-0.1, -0.05) is 122 Å². The predicted octanol–water partition coefficient (Wildman–Crippen LogP) is 8.31. The zero-order valence-electron chi connectivity index (χ0n) is 37.0. The summed E-state index contributed by atoms with van der Waals surface area (Å²) in [6, 6.07) is 20.8. The van der Waals surface area contributed by atoms with Gasteiger partial charge in [0, 0.05) is 48.5 Å². The number of carbonyl (C=O) groups is 4. The van der Waals surface area contributed by atoms with Crippen LogP contribution in [0.1, 0.15) is 58.5 Å². The van der Waals surface area contributed by atoms with E-state index in [9.17, 15) is 19.2 Å². The minimum absolute atomic E-state index is 0.0829. The van der Waals surface area contributed by atoms with Crippen LogP contribution in [0.2, 0.25) is 29.7 Å². The Bertz CT molecular complexity index is 2590. The van der Waals surface area contributed by atoms with Crippen LogP contribution in [0.25, 0.3) is 5.57 Å². The third kappa shape index (κ3) is 7.84. The van der Waals surface area contributed by atoms with Crippen molar-refractivity contribution in [2.75, 3.05) is 28.4 Å². The van der Waals surface area contributed by atoms with E-state index < -0.39 is 31.1 Å². The van der Waals surface area contributed by atoms with Crippen LogP contribution in [-0.4, -0.2) is 70.8 Å². The number of aryl methyl sites for hydroxylation is 1. The molecule has 0 saturated carbocycles. The van der Waals surface area contributed by atoms with Crippen molar-refractivity contribution in [3.8, 4) is 34.5 Å². The Hall–Kier alpha value is -5.76. The van der Waals surface area contributed by atoms with Gasteiger partial charge >= 0.3 is 0 Å². The molecular formula is C48H52Cl2N2O10Si. The fourth-order valence-corrected chi connectivity index (χ4v) is 11.1. The molecule has 0 radical (unpaired) electrons. The Balaban J connectivity index is 0.000000173. The lowest BCUT2D eigenvalue weighted by molar-refractivity contribution is -0.117. The van der Waals surface area contributed by atoms with Gasteiger partial charge in [0.05, 0.1) is 47.9 Å². The standard InChI is InChI=1S/C22H20ClNO5.C16H16ClNO5.C10H16Si/c1-11-9-13(25)16(12-7-5-4-6-8-12)20(24)22(11)21(26)17-14(27-2)10-15(28-3)18(23)19(17)29-22;1-7-4-8(19)5-11(18)16(7)15(20)12-9(21-2)6-10(22-3)13(17)14(12)23-16;1-9-7-5-6-8-10(9)11(2,3)4/h4-8,10-11H,9,24H2,1-3H3;5-7H,4,18H2,1-3H3;5-8H,1-4H3/t11-,22+;7-,16+;/m11./s1. The molecule has 0 amide bonds. The lowest BCUT2D eigenvalue weighted by Gasteiger charge is -2.38. The minimum atomic E-state index is -1.54. The highest BCUT2D eigenvalue weighted by atomic mass is 35.5. The molecule has 0 bridgehead atoms. The zero-order chi connectivity index (χ0) is 46.3. The fourth-order valence-electron chi connectivity index (χ4n) is 8.75. The first-order valence-corrected chi connectivity index (χ1v) is 24.5. The van der Waals surface area contributed by atoms with Crippen molar-refractivity contribution >= 4 is 65.2 Å². The molecule has 0 fully saturated rings. The molecule has 4 N–H and O–H groups in total. The number of hydrogen-bond donors (Lipinski definition) is 2. The number of rotatable bonds is 6. The zero-order valence-corrected chi connectivity index (χ0v) is 39.5. The van der Waals surface area contributed by atoms with Gasteiger partial charge in [-0.3, -0.25) is 19.2 Å². The SMILES string of the molecule is COc1cc(OC)c2c(c1Cl)O[C@]1(C2=O)C(N)=C(c2ccccc2)C(=O)C[C@H]1C.COc1cc(OC)c2c(c1Cl)O[C@]1(C2=O)C(N)=CC(=O)C[C@H]1C.Cc1ccccc1[Si](C)(C)C. The molecular weight excluding hydrogens is 864 g/mol. The maximum Gasteiger partial charge on any atom is 0.220 e. The monoisotopic (exact) mass is 914 g/mol.